The minimum absolute atomic E-state index is 0.0624. The molecule has 1 atom stereocenters. The van der Waals surface area contributed by atoms with Crippen molar-refractivity contribution in [2.45, 2.75) is 13.0 Å². The number of thiophene rings is 1. The van der Waals surface area contributed by atoms with Gasteiger partial charge in [-0.2, -0.15) is 5.26 Å². The number of nitrogens with one attached hydrogen (secondary N) is 1. The fraction of sp³-hybridized carbons (Fsp3) is 0.154. The molecule has 0 amide bonds. The molecule has 92 valence electrons. The van der Waals surface area contributed by atoms with Crippen molar-refractivity contribution >= 4 is 17.0 Å². The predicted molar refractivity (Wildman–Crippen MR) is 67.4 cm³/mol. The fourth-order valence-electron chi connectivity index (χ4n) is 1.59. The molecule has 0 aliphatic rings. The summed E-state index contributed by atoms with van der Waals surface area (Å²) < 4.78 is 27.1. The molecule has 0 saturated carbocycles. The van der Waals surface area contributed by atoms with Gasteiger partial charge in [-0.1, -0.05) is 6.07 Å². The summed E-state index contributed by atoms with van der Waals surface area (Å²) in [7, 11) is 0. The van der Waals surface area contributed by atoms with E-state index in [2.05, 4.69) is 5.32 Å². The molecule has 1 heterocycles. The molecule has 0 spiro atoms. The van der Waals surface area contributed by atoms with Gasteiger partial charge in [0, 0.05) is 4.88 Å². The largest absolute Gasteiger partial charge is 0.375 e. The second-order valence-electron chi connectivity index (χ2n) is 3.78. The molecule has 0 radical (unpaired) electrons. The highest BCUT2D eigenvalue weighted by Gasteiger charge is 2.15. The molecule has 5 heteroatoms. The second kappa shape index (κ2) is 5.15. The molecule has 2 nitrogen and oxygen atoms in total. The summed E-state index contributed by atoms with van der Waals surface area (Å²) in [5, 5.41) is 13.4. The number of halogens is 2. The third kappa shape index (κ3) is 2.34. The molecule has 1 N–H and O–H groups in total. The number of nitriles is 1. The topological polar surface area (TPSA) is 35.8 Å². The lowest BCUT2D eigenvalue weighted by atomic mass is 10.1. The predicted octanol–water partition coefficient (Wildman–Crippen LogP) is 4.07. The zero-order valence-corrected chi connectivity index (χ0v) is 10.4. The van der Waals surface area contributed by atoms with E-state index in [0.29, 0.717) is 0 Å². The molecule has 0 aliphatic carbocycles. The minimum Gasteiger partial charge on any atom is -0.375 e. The van der Waals surface area contributed by atoms with Crippen molar-refractivity contribution < 1.29 is 8.78 Å². The van der Waals surface area contributed by atoms with Gasteiger partial charge in [-0.3, -0.25) is 0 Å². The van der Waals surface area contributed by atoms with E-state index in [1.54, 1.807) is 6.07 Å². The Morgan fingerprint density at radius 3 is 2.67 bits per heavy atom. The Hall–Kier alpha value is -1.93. The van der Waals surface area contributed by atoms with Crippen LogP contribution in [0, 0.1) is 23.0 Å². The summed E-state index contributed by atoms with van der Waals surface area (Å²) in [6, 6.07) is 7.94. The van der Waals surface area contributed by atoms with E-state index in [9.17, 15) is 8.78 Å². The Morgan fingerprint density at radius 1 is 1.28 bits per heavy atom. The molecule has 1 unspecified atom stereocenters. The van der Waals surface area contributed by atoms with Crippen molar-refractivity contribution in [3.05, 3.63) is 51.7 Å². The molecular weight excluding hydrogens is 254 g/mol. The van der Waals surface area contributed by atoms with E-state index < -0.39 is 11.6 Å². The van der Waals surface area contributed by atoms with Crippen molar-refractivity contribution in [2.75, 3.05) is 5.32 Å². The summed E-state index contributed by atoms with van der Waals surface area (Å²) >= 11 is 1.54. The van der Waals surface area contributed by atoms with Gasteiger partial charge < -0.3 is 5.32 Å². The van der Waals surface area contributed by atoms with E-state index in [1.807, 2.05) is 24.4 Å². The van der Waals surface area contributed by atoms with E-state index in [4.69, 9.17) is 5.26 Å². The highest BCUT2D eigenvalue weighted by atomic mass is 32.1. The quantitative estimate of drug-likeness (QED) is 0.907. The molecule has 1 aromatic carbocycles. The maximum Gasteiger partial charge on any atom is 0.183 e. The Kier molecular flexibility index (Phi) is 3.58. The smallest absolute Gasteiger partial charge is 0.183 e. The minimum atomic E-state index is -1.11. The first-order valence-electron chi connectivity index (χ1n) is 5.31. The van der Waals surface area contributed by atoms with Crippen molar-refractivity contribution in [1.29, 1.82) is 5.26 Å². The third-order valence-corrected chi connectivity index (χ3v) is 3.60. The molecule has 0 aliphatic heterocycles. The van der Waals surface area contributed by atoms with Crippen LogP contribution in [0.3, 0.4) is 0 Å². The number of rotatable bonds is 3. The Labute approximate surface area is 107 Å². The lowest BCUT2D eigenvalue weighted by molar-refractivity contribution is 0.508. The van der Waals surface area contributed by atoms with Crippen LogP contribution in [0.1, 0.15) is 23.4 Å². The van der Waals surface area contributed by atoms with Crippen LogP contribution in [0.25, 0.3) is 0 Å². The van der Waals surface area contributed by atoms with E-state index in [0.717, 1.165) is 4.88 Å². The van der Waals surface area contributed by atoms with Gasteiger partial charge in [-0.25, -0.2) is 8.78 Å². The van der Waals surface area contributed by atoms with E-state index in [1.165, 1.54) is 23.5 Å². The molecule has 2 rings (SSSR count). The second-order valence-corrected chi connectivity index (χ2v) is 4.76. The number of hydrogen-bond donors (Lipinski definition) is 1. The summed E-state index contributed by atoms with van der Waals surface area (Å²) in [5.74, 6) is -2.13. The standard InChI is InChI=1S/C13H10F2N2S/c1-8(11-3-2-6-18-11)17-10-5-4-9(7-16)12(14)13(10)15/h2-6,8,17H,1H3. The van der Waals surface area contributed by atoms with Crippen molar-refractivity contribution in [3.63, 3.8) is 0 Å². The zero-order chi connectivity index (χ0) is 13.1. The van der Waals surface area contributed by atoms with Gasteiger partial charge in [-0.15, -0.1) is 11.3 Å². The van der Waals surface area contributed by atoms with Crippen molar-refractivity contribution in [1.82, 2.24) is 0 Å². The number of benzene rings is 1. The normalized spacial score (nSPS) is 11.9. The average Bonchev–Trinajstić information content (AvgIpc) is 2.89. The van der Waals surface area contributed by atoms with Crippen LogP contribution in [0.15, 0.2) is 29.6 Å². The van der Waals surface area contributed by atoms with Crippen LogP contribution < -0.4 is 5.32 Å². The number of nitrogens with zero attached hydrogens (tertiary/aromatic N) is 1. The van der Waals surface area contributed by atoms with Crippen molar-refractivity contribution in [3.8, 4) is 6.07 Å². The highest BCUT2D eigenvalue weighted by Crippen LogP contribution is 2.26. The van der Waals surface area contributed by atoms with Gasteiger partial charge >= 0.3 is 0 Å². The van der Waals surface area contributed by atoms with Gasteiger partial charge in [0.25, 0.3) is 0 Å². The van der Waals surface area contributed by atoms with Crippen LogP contribution >= 0.6 is 11.3 Å². The number of hydrogen-bond acceptors (Lipinski definition) is 3. The number of anilines is 1. The summed E-state index contributed by atoms with van der Waals surface area (Å²) in [6.07, 6.45) is 0. The van der Waals surface area contributed by atoms with Crippen LogP contribution in [0.4, 0.5) is 14.5 Å². The van der Waals surface area contributed by atoms with E-state index in [-0.39, 0.29) is 17.3 Å². The molecule has 0 fully saturated rings. The third-order valence-electron chi connectivity index (χ3n) is 2.54. The highest BCUT2D eigenvalue weighted by molar-refractivity contribution is 7.10. The maximum absolute atomic E-state index is 13.7. The van der Waals surface area contributed by atoms with Gasteiger partial charge in [-0.05, 0) is 30.5 Å². The van der Waals surface area contributed by atoms with Crippen LogP contribution in [0.2, 0.25) is 0 Å². The van der Waals surface area contributed by atoms with Gasteiger partial charge in [0.1, 0.15) is 6.07 Å². The molecule has 1 aromatic heterocycles. The van der Waals surface area contributed by atoms with Crippen LogP contribution in [-0.2, 0) is 0 Å². The monoisotopic (exact) mass is 264 g/mol. The molecule has 18 heavy (non-hydrogen) atoms. The van der Waals surface area contributed by atoms with Crippen molar-refractivity contribution in [2.24, 2.45) is 0 Å². The summed E-state index contributed by atoms with van der Waals surface area (Å²) in [6.45, 7) is 1.86. The summed E-state index contributed by atoms with van der Waals surface area (Å²) in [4.78, 5) is 1.03. The lowest BCUT2D eigenvalue weighted by Gasteiger charge is -2.14. The molecule has 0 saturated heterocycles. The lowest BCUT2D eigenvalue weighted by Crippen LogP contribution is -2.07. The van der Waals surface area contributed by atoms with Gasteiger partial charge in [0.05, 0.1) is 17.3 Å². The van der Waals surface area contributed by atoms with Crippen LogP contribution in [-0.4, -0.2) is 0 Å². The Balaban J connectivity index is 2.26. The molecule has 0 bridgehead atoms. The molecular formula is C13H10F2N2S. The van der Waals surface area contributed by atoms with E-state index >= 15 is 0 Å². The maximum atomic E-state index is 13.7. The Morgan fingerprint density at radius 2 is 2.06 bits per heavy atom. The first kappa shape index (κ1) is 12.5. The SMILES string of the molecule is CC(Nc1ccc(C#N)c(F)c1F)c1cccs1. The van der Waals surface area contributed by atoms with Gasteiger partial charge in [0.2, 0.25) is 0 Å². The van der Waals surface area contributed by atoms with Crippen LogP contribution in [0.5, 0.6) is 0 Å². The Bertz CT molecular complexity index is 588. The first-order valence-corrected chi connectivity index (χ1v) is 6.19. The average molecular weight is 264 g/mol. The first-order chi connectivity index (χ1) is 8.63. The molecule has 2 aromatic rings. The zero-order valence-electron chi connectivity index (χ0n) is 9.58. The summed E-state index contributed by atoms with van der Waals surface area (Å²) in [5.41, 5.74) is -0.228. The van der Waals surface area contributed by atoms with Gasteiger partial charge in [0.15, 0.2) is 11.6 Å². The fourth-order valence-corrected chi connectivity index (χ4v) is 2.32.